The van der Waals surface area contributed by atoms with Crippen LogP contribution in [0.4, 0.5) is 0 Å². The van der Waals surface area contributed by atoms with Crippen LogP contribution in [0.5, 0.6) is 0 Å². The molecule has 1 amide bonds. The molecule has 0 saturated carbocycles. The summed E-state index contributed by atoms with van der Waals surface area (Å²) in [6.07, 6.45) is 0. The highest BCUT2D eigenvalue weighted by Gasteiger charge is 2.23. The molecule has 1 unspecified atom stereocenters. The second-order valence-electron chi connectivity index (χ2n) is 5.01. The quantitative estimate of drug-likeness (QED) is 0.847. The zero-order chi connectivity index (χ0) is 17.0. The molecular weight excluding hydrogens is 356 g/mol. The summed E-state index contributed by atoms with van der Waals surface area (Å²) in [6, 6.07) is 11.4. The Morgan fingerprint density at radius 3 is 2.48 bits per heavy atom. The van der Waals surface area contributed by atoms with Gasteiger partial charge in [-0.25, -0.2) is 8.42 Å². The number of likely N-dealkylation sites (N-methyl/N-ethyl adjacent to an activating group) is 1. The topological polar surface area (TPSA) is 66.5 Å². The molecule has 0 spiro atoms. The second-order valence-corrected chi connectivity index (χ2v) is 8.80. The van der Waals surface area contributed by atoms with E-state index in [1.165, 1.54) is 30.5 Å². The van der Waals surface area contributed by atoms with E-state index >= 15 is 0 Å². The molecule has 23 heavy (non-hydrogen) atoms. The molecule has 0 saturated heterocycles. The van der Waals surface area contributed by atoms with Crippen LogP contribution >= 0.6 is 22.9 Å². The molecule has 1 atom stereocenters. The summed E-state index contributed by atoms with van der Waals surface area (Å²) in [6.45, 7) is 1.58. The smallest absolute Gasteiger partial charge is 0.243 e. The highest BCUT2D eigenvalue weighted by atomic mass is 35.5. The first kappa shape index (κ1) is 17.9. The number of sulfonamides is 1. The number of hydrogen-bond donors (Lipinski definition) is 1. The molecule has 1 aromatic carbocycles. The van der Waals surface area contributed by atoms with Gasteiger partial charge in [0.05, 0.1) is 21.8 Å². The van der Waals surface area contributed by atoms with Gasteiger partial charge in [0, 0.05) is 11.9 Å². The molecule has 0 fully saturated rings. The molecule has 0 radical (unpaired) electrons. The van der Waals surface area contributed by atoms with Crippen molar-refractivity contribution in [2.24, 2.45) is 0 Å². The number of benzene rings is 1. The van der Waals surface area contributed by atoms with Gasteiger partial charge in [0.2, 0.25) is 15.9 Å². The van der Waals surface area contributed by atoms with Crippen molar-refractivity contribution in [3.05, 3.63) is 51.7 Å². The molecule has 124 valence electrons. The molecule has 8 heteroatoms. The van der Waals surface area contributed by atoms with Crippen LogP contribution < -0.4 is 5.32 Å². The van der Waals surface area contributed by atoms with Gasteiger partial charge in [-0.05, 0) is 31.2 Å². The maximum Gasteiger partial charge on any atom is 0.243 e. The van der Waals surface area contributed by atoms with Gasteiger partial charge in [0.1, 0.15) is 0 Å². The van der Waals surface area contributed by atoms with Gasteiger partial charge in [0.15, 0.2) is 0 Å². The number of rotatable bonds is 6. The number of amides is 1. The van der Waals surface area contributed by atoms with Crippen LogP contribution in [-0.4, -0.2) is 32.2 Å². The van der Waals surface area contributed by atoms with Gasteiger partial charge in [-0.3, -0.25) is 4.79 Å². The van der Waals surface area contributed by atoms with Crippen LogP contribution in [0, 0.1) is 0 Å². The first-order valence-electron chi connectivity index (χ1n) is 6.86. The van der Waals surface area contributed by atoms with Crippen molar-refractivity contribution < 1.29 is 13.2 Å². The summed E-state index contributed by atoms with van der Waals surface area (Å²) in [5.41, 5.74) is 0. The minimum atomic E-state index is -3.68. The predicted octanol–water partition coefficient (Wildman–Crippen LogP) is 2.90. The third-order valence-electron chi connectivity index (χ3n) is 3.22. The van der Waals surface area contributed by atoms with Crippen molar-refractivity contribution in [3.8, 4) is 0 Å². The number of carbonyl (C=O) groups is 1. The summed E-state index contributed by atoms with van der Waals surface area (Å²) in [4.78, 5) is 13.2. The summed E-state index contributed by atoms with van der Waals surface area (Å²) in [7, 11) is -2.29. The van der Waals surface area contributed by atoms with E-state index in [1.54, 1.807) is 24.3 Å². The first-order chi connectivity index (χ1) is 10.8. The lowest BCUT2D eigenvalue weighted by Gasteiger charge is -2.18. The van der Waals surface area contributed by atoms with Crippen LogP contribution in [0.3, 0.4) is 0 Å². The lowest BCUT2D eigenvalue weighted by molar-refractivity contribution is -0.121. The molecule has 0 aliphatic heterocycles. The van der Waals surface area contributed by atoms with Gasteiger partial charge in [-0.1, -0.05) is 29.8 Å². The van der Waals surface area contributed by atoms with Crippen LogP contribution in [0.15, 0.2) is 47.4 Å². The van der Waals surface area contributed by atoms with E-state index in [1.807, 2.05) is 13.0 Å². The average molecular weight is 373 g/mol. The Balaban J connectivity index is 1.99. The maximum absolute atomic E-state index is 12.4. The fourth-order valence-corrected chi connectivity index (χ4v) is 4.19. The fraction of sp³-hybridized carbons (Fsp3) is 0.267. The Hall–Kier alpha value is -1.41. The summed E-state index contributed by atoms with van der Waals surface area (Å²) in [5, 5.41) is 2.77. The molecule has 1 heterocycles. The molecule has 0 aliphatic rings. The van der Waals surface area contributed by atoms with Crippen LogP contribution in [0.1, 0.15) is 17.8 Å². The van der Waals surface area contributed by atoms with Crippen molar-refractivity contribution in [3.63, 3.8) is 0 Å². The fourth-order valence-electron chi connectivity index (χ4n) is 1.98. The minimum absolute atomic E-state index is 0.161. The maximum atomic E-state index is 12.4. The van der Waals surface area contributed by atoms with E-state index in [4.69, 9.17) is 11.6 Å². The molecule has 0 aliphatic carbocycles. The summed E-state index contributed by atoms with van der Waals surface area (Å²) in [5.74, 6) is -0.371. The Labute approximate surface area is 144 Å². The van der Waals surface area contributed by atoms with Crippen LogP contribution in [0.25, 0.3) is 0 Å². The molecule has 1 aromatic heterocycles. The molecule has 1 N–H and O–H groups in total. The van der Waals surface area contributed by atoms with Crippen molar-refractivity contribution in [2.45, 2.75) is 17.9 Å². The Morgan fingerprint density at radius 1 is 1.26 bits per heavy atom. The van der Waals surface area contributed by atoms with Gasteiger partial charge >= 0.3 is 0 Å². The number of nitrogens with zero attached hydrogens (tertiary/aromatic N) is 1. The molecule has 5 nitrogen and oxygen atoms in total. The van der Waals surface area contributed by atoms with Crippen LogP contribution in [-0.2, 0) is 14.8 Å². The number of nitrogens with one attached hydrogen (secondary N) is 1. The summed E-state index contributed by atoms with van der Waals surface area (Å²) < 4.78 is 26.4. The SMILES string of the molecule is CC(NC(=O)CN(C)S(=O)(=O)c1ccccc1)c1ccc(Cl)s1. The monoisotopic (exact) mass is 372 g/mol. The standard InChI is InChI=1S/C15H17ClN2O3S2/c1-11(13-8-9-14(16)22-13)17-15(19)10-18(2)23(20,21)12-6-4-3-5-7-12/h3-9,11H,10H2,1-2H3,(H,17,19). The second kappa shape index (κ2) is 7.44. The van der Waals surface area contributed by atoms with Crippen molar-refractivity contribution in [1.29, 1.82) is 0 Å². The highest BCUT2D eigenvalue weighted by molar-refractivity contribution is 7.89. The largest absolute Gasteiger partial charge is 0.348 e. The van der Waals surface area contributed by atoms with Gasteiger partial charge in [-0.2, -0.15) is 4.31 Å². The zero-order valence-corrected chi connectivity index (χ0v) is 15.1. The van der Waals surface area contributed by atoms with Gasteiger partial charge in [-0.15, -0.1) is 11.3 Å². The van der Waals surface area contributed by atoms with Crippen molar-refractivity contribution in [1.82, 2.24) is 9.62 Å². The number of halogens is 1. The van der Waals surface area contributed by atoms with Crippen LogP contribution in [0.2, 0.25) is 4.34 Å². The van der Waals surface area contributed by atoms with E-state index in [-0.39, 0.29) is 23.4 Å². The Kier molecular flexibility index (Phi) is 5.80. The number of carbonyl (C=O) groups excluding carboxylic acids is 1. The highest BCUT2D eigenvalue weighted by Crippen LogP contribution is 2.26. The third-order valence-corrected chi connectivity index (χ3v) is 6.45. The normalized spacial score (nSPS) is 13.0. The Morgan fingerprint density at radius 2 is 1.91 bits per heavy atom. The number of thiophene rings is 1. The Bertz CT molecular complexity index is 775. The van der Waals surface area contributed by atoms with Gasteiger partial charge < -0.3 is 5.32 Å². The third kappa shape index (κ3) is 4.54. The van der Waals surface area contributed by atoms with E-state index in [0.29, 0.717) is 4.34 Å². The molecule has 0 bridgehead atoms. The first-order valence-corrected chi connectivity index (χ1v) is 9.50. The summed E-state index contributed by atoms with van der Waals surface area (Å²) >= 11 is 7.25. The molecule has 2 rings (SSSR count). The average Bonchev–Trinajstić information content (AvgIpc) is 2.94. The predicted molar refractivity (Wildman–Crippen MR) is 92.1 cm³/mol. The van der Waals surface area contributed by atoms with E-state index in [2.05, 4.69) is 5.32 Å². The minimum Gasteiger partial charge on any atom is -0.348 e. The van der Waals surface area contributed by atoms with Crippen molar-refractivity contribution >= 4 is 38.9 Å². The zero-order valence-electron chi connectivity index (χ0n) is 12.7. The van der Waals surface area contributed by atoms with E-state index < -0.39 is 10.0 Å². The van der Waals surface area contributed by atoms with E-state index in [9.17, 15) is 13.2 Å². The lowest BCUT2D eigenvalue weighted by Crippen LogP contribution is -2.39. The lowest BCUT2D eigenvalue weighted by atomic mass is 10.3. The van der Waals surface area contributed by atoms with E-state index in [0.717, 1.165) is 9.18 Å². The molecular formula is C15H17ClN2O3S2. The number of hydrogen-bond acceptors (Lipinski definition) is 4. The molecule has 2 aromatic rings. The van der Waals surface area contributed by atoms with Gasteiger partial charge in [0.25, 0.3) is 0 Å². The van der Waals surface area contributed by atoms with Crippen molar-refractivity contribution in [2.75, 3.05) is 13.6 Å².